The molecule has 1 heterocycles. The second-order valence-electron chi connectivity index (χ2n) is 4.64. The van der Waals surface area contributed by atoms with Crippen LogP contribution in [0.3, 0.4) is 0 Å². The Labute approximate surface area is 122 Å². The van der Waals surface area contributed by atoms with Gasteiger partial charge in [0.15, 0.2) is 5.82 Å². The predicted octanol–water partition coefficient (Wildman–Crippen LogP) is 2.33. The summed E-state index contributed by atoms with van der Waals surface area (Å²) in [5, 5.41) is 7.67. The fourth-order valence-electron chi connectivity index (χ4n) is 2.34. The summed E-state index contributed by atoms with van der Waals surface area (Å²) in [7, 11) is 0. The van der Waals surface area contributed by atoms with E-state index in [2.05, 4.69) is 15.2 Å². The molecular weight excluding hydrogens is 262 g/mol. The molecule has 0 saturated carbocycles. The molecule has 0 aliphatic heterocycles. The van der Waals surface area contributed by atoms with Crippen LogP contribution in [0.25, 0.3) is 0 Å². The third-order valence-electron chi connectivity index (χ3n) is 3.27. The Morgan fingerprint density at radius 2 is 1.33 bits per heavy atom. The van der Waals surface area contributed by atoms with Gasteiger partial charge in [-0.3, -0.25) is 0 Å². The summed E-state index contributed by atoms with van der Waals surface area (Å²) in [6, 6.07) is 19.8. The maximum absolute atomic E-state index is 9.30. The first-order chi connectivity index (χ1) is 10.3. The molecule has 0 saturated heterocycles. The smallest absolute Gasteiger partial charge is 0.289 e. The van der Waals surface area contributed by atoms with Crippen molar-refractivity contribution in [1.29, 1.82) is 0 Å². The molecule has 0 spiro atoms. The normalized spacial score (nSPS) is 10.7. The van der Waals surface area contributed by atoms with Crippen LogP contribution < -0.4 is 11.5 Å². The molecule has 2 aromatic carbocycles. The number of hydrogen-bond donors (Lipinski definition) is 1. The molecule has 1 aromatic heterocycles. The lowest BCUT2D eigenvalue weighted by atomic mass is 9.88. The van der Waals surface area contributed by atoms with Crippen LogP contribution in [-0.4, -0.2) is 15.2 Å². The summed E-state index contributed by atoms with van der Waals surface area (Å²) in [4.78, 5) is 3.81. The van der Waals surface area contributed by atoms with Gasteiger partial charge in [-0.25, -0.2) is 0 Å². The zero-order chi connectivity index (χ0) is 14.7. The van der Waals surface area contributed by atoms with Gasteiger partial charge in [0.2, 0.25) is 0 Å². The highest BCUT2D eigenvalue weighted by Crippen LogP contribution is 2.32. The van der Waals surface area contributed by atoms with E-state index in [1.165, 1.54) is 0 Å². The molecule has 2 radical (unpaired) electrons. The zero-order valence-electron chi connectivity index (χ0n) is 11.2. The molecule has 21 heavy (non-hydrogen) atoms. The molecule has 0 bridgehead atoms. The van der Waals surface area contributed by atoms with E-state index in [1.54, 1.807) is 0 Å². The minimum Gasteiger partial charge on any atom is -0.382 e. The molecule has 5 heteroatoms. The summed E-state index contributed by atoms with van der Waals surface area (Å²) >= 11 is 0. The standard InChI is InChI=1S/C16H13N5/c17-15-14(20-21-16(18)19-15)13(11-7-3-1-4-8-11)12-9-5-2-6-10-12/h1-10,13H,(H2,17,19,21). The van der Waals surface area contributed by atoms with E-state index in [-0.39, 0.29) is 11.7 Å². The Kier molecular flexibility index (Phi) is 3.47. The summed E-state index contributed by atoms with van der Waals surface area (Å²) in [5.41, 5.74) is 17.8. The van der Waals surface area contributed by atoms with Gasteiger partial charge >= 0.3 is 0 Å². The number of nitrogen functional groups attached to an aromatic ring is 1. The van der Waals surface area contributed by atoms with E-state index >= 15 is 0 Å². The van der Waals surface area contributed by atoms with Gasteiger partial charge in [-0.05, 0) is 11.1 Å². The average Bonchev–Trinajstić information content (AvgIpc) is 2.52. The molecule has 0 aliphatic rings. The van der Waals surface area contributed by atoms with Crippen LogP contribution in [0, 0.1) is 0 Å². The van der Waals surface area contributed by atoms with E-state index in [1.807, 2.05) is 60.7 Å². The predicted molar refractivity (Wildman–Crippen MR) is 79.9 cm³/mol. The number of hydrogen-bond acceptors (Lipinski definition) is 4. The second kappa shape index (κ2) is 5.58. The van der Waals surface area contributed by atoms with Gasteiger partial charge in [-0.15, -0.1) is 15.9 Å². The van der Waals surface area contributed by atoms with Crippen molar-refractivity contribution in [3.05, 3.63) is 77.5 Å². The third kappa shape index (κ3) is 2.67. The lowest BCUT2D eigenvalue weighted by Crippen LogP contribution is -2.11. The van der Waals surface area contributed by atoms with Gasteiger partial charge < -0.3 is 5.73 Å². The Hall–Kier alpha value is -2.95. The highest BCUT2D eigenvalue weighted by molar-refractivity contribution is 5.49. The minimum atomic E-state index is -0.420. The number of benzene rings is 2. The maximum atomic E-state index is 9.30. The van der Waals surface area contributed by atoms with E-state index in [9.17, 15) is 5.73 Å². The van der Waals surface area contributed by atoms with Crippen molar-refractivity contribution in [3.63, 3.8) is 0 Å². The van der Waals surface area contributed by atoms with Gasteiger partial charge in [-0.1, -0.05) is 60.7 Å². The largest absolute Gasteiger partial charge is 0.382 e. The van der Waals surface area contributed by atoms with Crippen molar-refractivity contribution in [3.8, 4) is 0 Å². The first-order valence-corrected chi connectivity index (χ1v) is 6.54. The first-order valence-electron chi connectivity index (χ1n) is 6.54. The van der Waals surface area contributed by atoms with Crippen LogP contribution >= 0.6 is 0 Å². The van der Waals surface area contributed by atoms with Crippen molar-refractivity contribution >= 4 is 11.8 Å². The summed E-state index contributed by atoms with van der Waals surface area (Å²) in [6.45, 7) is 0. The van der Waals surface area contributed by atoms with Gasteiger partial charge in [0, 0.05) is 0 Å². The van der Waals surface area contributed by atoms with Crippen molar-refractivity contribution < 1.29 is 0 Å². The molecule has 2 N–H and O–H groups in total. The number of nitrogens with zero attached hydrogens (tertiary/aromatic N) is 4. The maximum Gasteiger partial charge on any atom is 0.289 e. The summed E-state index contributed by atoms with van der Waals surface area (Å²) in [6.07, 6.45) is 0. The van der Waals surface area contributed by atoms with Crippen molar-refractivity contribution in [1.82, 2.24) is 20.9 Å². The van der Waals surface area contributed by atoms with Gasteiger partial charge in [0.1, 0.15) is 5.69 Å². The first kappa shape index (κ1) is 13.1. The fraction of sp³-hybridized carbons (Fsp3) is 0.0625. The Morgan fingerprint density at radius 3 is 1.81 bits per heavy atom. The minimum absolute atomic E-state index is 0.173. The van der Waals surface area contributed by atoms with E-state index in [4.69, 9.17) is 5.73 Å². The second-order valence-corrected chi connectivity index (χ2v) is 4.64. The summed E-state index contributed by atoms with van der Waals surface area (Å²) in [5.74, 6) is -0.413. The number of rotatable bonds is 3. The van der Waals surface area contributed by atoms with Crippen LogP contribution in [-0.2, 0) is 0 Å². The van der Waals surface area contributed by atoms with Gasteiger partial charge in [0.25, 0.3) is 5.95 Å². The van der Waals surface area contributed by atoms with Gasteiger partial charge in [0.05, 0.1) is 5.92 Å². The molecule has 0 amide bonds. The van der Waals surface area contributed by atoms with Crippen LogP contribution in [0.15, 0.2) is 60.7 Å². The topological polar surface area (TPSA) is 87.0 Å². The number of anilines is 1. The molecule has 102 valence electrons. The molecule has 5 nitrogen and oxygen atoms in total. The molecular formula is C16H13N5. The lowest BCUT2D eigenvalue weighted by molar-refractivity contribution is 0.833. The van der Waals surface area contributed by atoms with Crippen LogP contribution in [0.2, 0.25) is 0 Å². The van der Waals surface area contributed by atoms with Crippen LogP contribution in [0.1, 0.15) is 22.7 Å². The molecule has 0 atom stereocenters. The SMILES string of the molecule is [N]c1nnc(C(c2ccccc2)c2ccccc2)c(N)n1. The Morgan fingerprint density at radius 1 is 0.810 bits per heavy atom. The summed E-state index contributed by atoms with van der Waals surface area (Å²) < 4.78 is 0. The molecule has 0 unspecified atom stereocenters. The third-order valence-corrected chi connectivity index (χ3v) is 3.27. The zero-order valence-corrected chi connectivity index (χ0v) is 11.2. The average molecular weight is 275 g/mol. The Bertz CT molecular complexity index is 689. The van der Waals surface area contributed by atoms with Crippen molar-refractivity contribution in [2.45, 2.75) is 5.92 Å². The molecule has 3 aromatic rings. The molecule has 0 fully saturated rings. The Balaban J connectivity index is 2.17. The van der Waals surface area contributed by atoms with E-state index in [0.717, 1.165) is 11.1 Å². The molecule has 0 aliphatic carbocycles. The number of aromatic nitrogens is 3. The monoisotopic (exact) mass is 275 g/mol. The van der Waals surface area contributed by atoms with Crippen LogP contribution in [0.5, 0.6) is 0 Å². The van der Waals surface area contributed by atoms with E-state index < -0.39 is 5.95 Å². The van der Waals surface area contributed by atoms with Crippen molar-refractivity contribution in [2.75, 3.05) is 5.73 Å². The van der Waals surface area contributed by atoms with E-state index in [0.29, 0.717) is 5.69 Å². The highest BCUT2D eigenvalue weighted by Gasteiger charge is 2.22. The van der Waals surface area contributed by atoms with Crippen molar-refractivity contribution in [2.24, 2.45) is 0 Å². The van der Waals surface area contributed by atoms with Crippen LogP contribution in [0.4, 0.5) is 11.8 Å². The molecule has 3 rings (SSSR count). The van der Waals surface area contributed by atoms with Gasteiger partial charge in [-0.2, -0.15) is 4.98 Å². The highest BCUT2D eigenvalue weighted by atomic mass is 15.2. The fourth-order valence-corrected chi connectivity index (χ4v) is 2.34. The number of nitrogens with two attached hydrogens (primary N) is 1. The quantitative estimate of drug-likeness (QED) is 0.794. The lowest BCUT2D eigenvalue weighted by Gasteiger charge is -2.18.